The quantitative estimate of drug-likeness (QED) is 0.837. The van der Waals surface area contributed by atoms with E-state index in [1.54, 1.807) is 6.07 Å². The highest BCUT2D eigenvalue weighted by atomic mass is 16.1. The van der Waals surface area contributed by atoms with Gasteiger partial charge in [0.25, 0.3) is 0 Å². The van der Waals surface area contributed by atoms with Gasteiger partial charge in [0.1, 0.15) is 0 Å². The SMILES string of the molecule is Nc1cccc(NC(=O)CCN2CCCC3CCCC32)c1. The van der Waals surface area contributed by atoms with E-state index < -0.39 is 0 Å². The fourth-order valence-corrected chi connectivity index (χ4v) is 3.92. The van der Waals surface area contributed by atoms with Gasteiger partial charge in [0, 0.05) is 30.4 Å². The molecule has 1 aliphatic carbocycles. The Hall–Kier alpha value is -1.55. The van der Waals surface area contributed by atoms with Crippen molar-refractivity contribution in [1.29, 1.82) is 0 Å². The zero-order valence-electron chi connectivity index (χ0n) is 12.6. The second-order valence-electron chi connectivity index (χ2n) is 6.36. The van der Waals surface area contributed by atoms with Crippen molar-refractivity contribution in [2.45, 2.75) is 44.6 Å². The lowest BCUT2D eigenvalue weighted by molar-refractivity contribution is -0.116. The minimum absolute atomic E-state index is 0.0840. The number of amides is 1. The molecule has 1 aromatic rings. The molecule has 1 amide bonds. The number of nitrogens with two attached hydrogens (primary N) is 1. The minimum Gasteiger partial charge on any atom is -0.399 e. The van der Waals surface area contributed by atoms with Gasteiger partial charge in [-0.3, -0.25) is 9.69 Å². The number of hydrogen-bond acceptors (Lipinski definition) is 3. The number of hydrogen-bond donors (Lipinski definition) is 2. The molecule has 2 aliphatic rings. The van der Waals surface area contributed by atoms with Crippen molar-refractivity contribution in [3.63, 3.8) is 0 Å². The van der Waals surface area contributed by atoms with Crippen LogP contribution in [0, 0.1) is 5.92 Å². The largest absolute Gasteiger partial charge is 0.399 e. The zero-order valence-corrected chi connectivity index (χ0v) is 12.6. The van der Waals surface area contributed by atoms with Gasteiger partial charge in [-0.1, -0.05) is 12.5 Å². The van der Waals surface area contributed by atoms with E-state index in [0.29, 0.717) is 12.1 Å². The molecular formula is C17H25N3O. The van der Waals surface area contributed by atoms with Gasteiger partial charge in [-0.05, 0) is 56.3 Å². The van der Waals surface area contributed by atoms with Gasteiger partial charge in [0.2, 0.25) is 5.91 Å². The van der Waals surface area contributed by atoms with Gasteiger partial charge in [0.15, 0.2) is 0 Å². The highest BCUT2D eigenvalue weighted by molar-refractivity contribution is 5.91. The lowest BCUT2D eigenvalue weighted by atomic mass is 9.92. The maximum absolute atomic E-state index is 12.1. The number of nitrogens with one attached hydrogen (secondary N) is 1. The first-order valence-corrected chi connectivity index (χ1v) is 8.12. The van der Waals surface area contributed by atoms with Crippen LogP contribution in [0.25, 0.3) is 0 Å². The predicted molar refractivity (Wildman–Crippen MR) is 86.0 cm³/mol. The first kappa shape index (κ1) is 14.4. The monoisotopic (exact) mass is 287 g/mol. The number of carbonyl (C=O) groups is 1. The van der Waals surface area contributed by atoms with Crippen LogP contribution in [0.1, 0.15) is 38.5 Å². The molecule has 1 saturated heterocycles. The van der Waals surface area contributed by atoms with E-state index in [1.807, 2.05) is 18.2 Å². The van der Waals surface area contributed by atoms with Gasteiger partial charge in [-0.25, -0.2) is 0 Å². The van der Waals surface area contributed by atoms with Gasteiger partial charge in [-0.15, -0.1) is 0 Å². The van der Waals surface area contributed by atoms with Crippen molar-refractivity contribution in [1.82, 2.24) is 4.90 Å². The molecule has 114 valence electrons. The maximum Gasteiger partial charge on any atom is 0.225 e. The van der Waals surface area contributed by atoms with E-state index in [1.165, 1.54) is 32.1 Å². The summed E-state index contributed by atoms with van der Waals surface area (Å²) in [5.41, 5.74) is 7.19. The molecule has 3 rings (SSSR count). The fraction of sp³-hybridized carbons (Fsp3) is 0.588. The lowest BCUT2D eigenvalue weighted by Gasteiger charge is -2.37. The van der Waals surface area contributed by atoms with Crippen molar-refractivity contribution in [2.24, 2.45) is 5.92 Å². The summed E-state index contributed by atoms with van der Waals surface area (Å²) in [5, 5.41) is 2.94. The van der Waals surface area contributed by atoms with Crippen LogP contribution in [-0.4, -0.2) is 29.9 Å². The number of carbonyl (C=O) groups excluding carboxylic acids is 1. The molecule has 21 heavy (non-hydrogen) atoms. The number of piperidine rings is 1. The second-order valence-corrected chi connectivity index (χ2v) is 6.36. The average Bonchev–Trinajstić information content (AvgIpc) is 2.94. The molecule has 4 nitrogen and oxygen atoms in total. The number of nitrogen functional groups attached to an aromatic ring is 1. The summed E-state index contributed by atoms with van der Waals surface area (Å²) in [7, 11) is 0. The van der Waals surface area contributed by atoms with Crippen molar-refractivity contribution < 1.29 is 4.79 Å². The molecule has 3 N–H and O–H groups in total. The molecule has 1 saturated carbocycles. The van der Waals surface area contributed by atoms with Crippen LogP contribution in [0.15, 0.2) is 24.3 Å². The number of anilines is 2. The van der Waals surface area contributed by atoms with Crippen LogP contribution < -0.4 is 11.1 Å². The summed E-state index contributed by atoms with van der Waals surface area (Å²) in [5.74, 6) is 0.969. The third-order valence-electron chi connectivity index (χ3n) is 4.90. The molecule has 1 aliphatic heterocycles. The Labute approximate surface area is 126 Å². The molecule has 0 radical (unpaired) electrons. The first-order chi connectivity index (χ1) is 10.2. The summed E-state index contributed by atoms with van der Waals surface area (Å²) >= 11 is 0. The third kappa shape index (κ3) is 3.56. The van der Waals surface area contributed by atoms with E-state index in [0.717, 1.165) is 30.7 Å². The Morgan fingerprint density at radius 2 is 2.14 bits per heavy atom. The molecule has 2 unspecified atom stereocenters. The van der Waals surface area contributed by atoms with Gasteiger partial charge < -0.3 is 11.1 Å². The number of rotatable bonds is 4. The van der Waals surface area contributed by atoms with Crippen LogP contribution in [0.3, 0.4) is 0 Å². The molecule has 2 fully saturated rings. The predicted octanol–water partition coefficient (Wildman–Crippen LogP) is 2.86. The molecule has 0 spiro atoms. The third-order valence-corrected chi connectivity index (χ3v) is 4.90. The number of fused-ring (bicyclic) bond motifs is 1. The average molecular weight is 287 g/mol. The van der Waals surface area contributed by atoms with Crippen LogP contribution in [0.2, 0.25) is 0 Å². The standard InChI is InChI=1S/C17H25N3O/c18-14-6-2-7-15(12-14)19-17(21)9-11-20-10-3-5-13-4-1-8-16(13)20/h2,6-7,12-13,16H,1,3-5,8-11,18H2,(H,19,21). The smallest absolute Gasteiger partial charge is 0.225 e. The Morgan fingerprint density at radius 3 is 3.00 bits per heavy atom. The Kier molecular flexibility index (Phi) is 4.44. The van der Waals surface area contributed by atoms with Gasteiger partial charge in [-0.2, -0.15) is 0 Å². The zero-order chi connectivity index (χ0) is 14.7. The number of benzene rings is 1. The Bertz CT molecular complexity index is 503. The minimum atomic E-state index is 0.0840. The van der Waals surface area contributed by atoms with Crippen LogP contribution in [0.4, 0.5) is 11.4 Å². The van der Waals surface area contributed by atoms with Crippen molar-refractivity contribution >= 4 is 17.3 Å². The van der Waals surface area contributed by atoms with E-state index in [2.05, 4.69) is 10.2 Å². The van der Waals surface area contributed by atoms with Crippen LogP contribution in [-0.2, 0) is 4.79 Å². The lowest BCUT2D eigenvalue weighted by Crippen LogP contribution is -2.43. The highest BCUT2D eigenvalue weighted by Crippen LogP contribution is 2.36. The highest BCUT2D eigenvalue weighted by Gasteiger charge is 2.34. The molecule has 1 heterocycles. The molecule has 4 heteroatoms. The molecule has 0 aromatic heterocycles. The topological polar surface area (TPSA) is 58.4 Å². The summed E-state index contributed by atoms with van der Waals surface area (Å²) in [4.78, 5) is 14.6. The summed E-state index contributed by atoms with van der Waals surface area (Å²) in [6, 6.07) is 8.09. The number of likely N-dealkylation sites (tertiary alicyclic amines) is 1. The molecule has 1 aromatic carbocycles. The molecular weight excluding hydrogens is 262 g/mol. The fourth-order valence-electron chi connectivity index (χ4n) is 3.92. The van der Waals surface area contributed by atoms with E-state index >= 15 is 0 Å². The normalized spacial score (nSPS) is 25.5. The summed E-state index contributed by atoms with van der Waals surface area (Å²) < 4.78 is 0. The molecule has 2 atom stereocenters. The Balaban J connectivity index is 1.49. The maximum atomic E-state index is 12.1. The number of nitrogens with zero attached hydrogens (tertiary/aromatic N) is 1. The Morgan fingerprint density at radius 1 is 1.29 bits per heavy atom. The van der Waals surface area contributed by atoms with Crippen molar-refractivity contribution in [3.05, 3.63) is 24.3 Å². The molecule has 0 bridgehead atoms. The van der Waals surface area contributed by atoms with Crippen molar-refractivity contribution in [3.8, 4) is 0 Å². The van der Waals surface area contributed by atoms with Crippen LogP contribution in [0.5, 0.6) is 0 Å². The van der Waals surface area contributed by atoms with E-state index in [9.17, 15) is 4.79 Å². The van der Waals surface area contributed by atoms with Crippen LogP contribution >= 0.6 is 0 Å². The van der Waals surface area contributed by atoms with Gasteiger partial charge >= 0.3 is 0 Å². The summed E-state index contributed by atoms with van der Waals surface area (Å²) in [6.07, 6.45) is 7.31. The van der Waals surface area contributed by atoms with Gasteiger partial charge in [0.05, 0.1) is 0 Å². The second kappa shape index (κ2) is 6.48. The first-order valence-electron chi connectivity index (χ1n) is 8.12. The van der Waals surface area contributed by atoms with E-state index in [-0.39, 0.29) is 5.91 Å². The van der Waals surface area contributed by atoms with E-state index in [4.69, 9.17) is 5.73 Å². The van der Waals surface area contributed by atoms with Crippen molar-refractivity contribution in [2.75, 3.05) is 24.1 Å². The summed E-state index contributed by atoms with van der Waals surface area (Å²) in [6.45, 7) is 2.04.